The number of carbonyl (C=O) groups is 1. The van der Waals surface area contributed by atoms with Crippen LogP contribution in [-0.4, -0.2) is 62.6 Å². The molecule has 0 bridgehead atoms. The molecule has 1 saturated heterocycles. The molecule has 212 valence electrons. The molecule has 0 aromatic heterocycles. The zero-order valence-electron chi connectivity index (χ0n) is 23.0. The number of amides is 1. The third-order valence-corrected chi connectivity index (χ3v) is 7.96. The van der Waals surface area contributed by atoms with Crippen LogP contribution in [0.5, 0.6) is 5.75 Å². The number of benzene rings is 2. The van der Waals surface area contributed by atoms with Crippen LogP contribution in [0, 0.1) is 5.92 Å². The summed E-state index contributed by atoms with van der Waals surface area (Å²) >= 11 is 0. The SMILES string of the molecule is C=CN=C1C(=C)C=CC=C1S(=O)(=O)Nc1ccc(C(=O)N2CCN(Cc3ccc(OCC(C)C)cc3)CC2)cc1.[HH]. The quantitative estimate of drug-likeness (QED) is 0.427. The van der Waals surface area contributed by atoms with E-state index in [9.17, 15) is 13.2 Å². The fraction of sp³-hybridized carbons (Fsp3) is 0.290. The van der Waals surface area contributed by atoms with Crippen molar-refractivity contribution in [1.82, 2.24) is 9.80 Å². The van der Waals surface area contributed by atoms with Gasteiger partial charge in [-0.3, -0.25) is 19.4 Å². The van der Waals surface area contributed by atoms with Crippen molar-refractivity contribution in [3.05, 3.63) is 108 Å². The Labute approximate surface area is 238 Å². The van der Waals surface area contributed by atoms with Crippen molar-refractivity contribution in [2.24, 2.45) is 10.9 Å². The number of anilines is 1. The minimum Gasteiger partial charge on any atom is -0.493 e. The van der Waals surface area contributed by atoms with E-state index in [1.165, 1.54) is 17.8 Å². The molecule has 8 nitrogen and oxygen atoms in total. The van der Waals surface area contributed by atoms with Gasteiger partial charge in [-0.15, -0.1) is 0 Å². The summed E-state index contributed by atoms with van der Waals surface area (Å²) in [6.45, 7) is 16.0. The number of nitrogens with one attached hydrogen (secondary N) is 1. The molecule has 4 rings (SSSR count). The molecule has 2 aliphatic rings. The Balaban J connectivity index is 0.00000462. The van der Waals surface area contributed by atoms with Gasteiger partial charge in [0.2, 0.25) is 0 Å². The Morgan fingerprint density at radius 2 is 1.77 bits per heavy atom. The van der Waals surface area contributed by atoms with Crippen LogP contribution in [0.25, 0.3) is 0 Å². The van der Waals surface area contributed by atoms with Gasteiger partial charge in [0.1, 0.15) is 10.7 Å². The second-order valence-electron chi connectivity index (χ2n) is 10.2. The molecule has 9 heteroatoms. The van der Waals surface area contributed by atoms with Crippen molar-refractivity contribution in [3.8, 4) is 5.75 Å². The molecule has 40 heavy (non-hydrogen) atoms. The first-order valence-corrected chi connectivity index (χ1v) is 14.8. The molecule has 0 radical (unpaired) electrons. The van der Waals surface area contributed by atoms with E-state index in [0.717, 1.165) is 25.4 Å². The van der Waals surface area contributed by atoms with Crippen molar-refractivity contribution in [1.29, 1.82) is 0 Å². The maximum absolute atomic E-state index is 13.1. The maximum atomic E-state index is 13.1. The summed E-state index contributed by atoms with van der Waals surface area (Å²) in [6, 6.07) is 14.7. The van der Waals surface area contributed by atoms with Gasteiger partial charge in [0, 0.05) is 51.6 Å². The summed E-state index contributed by atoms with van der Waals surface area (Å²) in [6.07, 6.45) is 6.04. The molecule has 1 aliphatic carbocycles. The molecule has 0 saturated carbocycles. The molecule has 1 N–H and O–H groups in total. The zero-order valence-corrected chi connectivity index (χ0v) is 23.9. The molecule has 2 aromatic carbocycles. The predicted octanol–water partition coefficient (Wildman–Crippen LogP) is 5.26. The average Bonchev–Trinajstić information content (AvgIpc) is 2.94. The molecule has 1 fully saturated rings. The molecular weight excluding hydrogens is 524 g/mol. The maximum Gasteiger partial charge on any atom is 0.264 e. The van der Waals surface area contributed by atoms with E-state index in [1.807, 2.05) is 17.0 Å². The van der Waals surface area contributed by atoms with Gasteiger partial charge in [-0.05, 0) is 59.5 Å². The number of piperazine rings is 1. The largest absolute Gasteiger partial charge is 0.493 e. The first kappa shape index (κ1) is 29.0. The number of allylic oxidation sites excluding steroid dienone is 5. The van der Waals surface area contributed by atoms with Gasteiger partial charge in [-0.25, -0.2) is 8.42 Å². The molecule has 0 unspecified atom stereocenters. The number of rotatable bonds is 10. The lowest BCUT2D eigenvalue weighted by Crippen LogP contribution is -2.48. The van der Waals surface area contributed by atoms with Crippen LogP contribution in [-0.2, 0) is 16.6 Å². The molecule has 0 spiro atoms. The lowest BCUT2D eigenvalue weighted by atomic mass is 10.1. The molecular formula is C31H38N4O4S. The van der Waals surface area contributed by atoms with Gasteiger partial charge in [0.25, 0.3) is 15.9 Å². The second kappa shape index (κ2) is 12.9. The highest BCUT2D eigenvalue weighted by atomic mass is 32.2. The highest BCUT2D eigenvalue weighted by molar-refractivity contribution is 7.97. The van der Waals surface area contributed by atoms with Crippen molar-refractivity contribution < 1.29 is 19.4 Å². The smallest absolute Gasteiger partial charge is 0.264 e. The number of carbonyl (C=O) groups excluding carboxylic acids is 1. The van der Waals surface area contributed by atoms with E-state index < -0.39 is 10.0 Å². The van der Waals surface area contributed by atoms with Gasteiger partial charge >= 0.3 is 0 Å². The zero-order chi connectivity index (χ0) is 28.7. The molecule has 2 aromatic rings. The van der Waals surface area contributed by atoms with Crippen molar-refractivity contribution >= 4 is 27.3 Å². The van der Waals surface area contributed by atoms with Crippen LogP contribution in [0.4, 0.5) is 5.69 Å². The fourth-order valence-corrected chi connectivity index (χ4v) is 5.67. The van der Waals surface area contributed by atoms with Gasteiger partial charge in [-0.1, -0.05) is 51.3 Å². The van der Waals surface area contributed by atoms with Crippen LogP contribution >= 0.6 is 0 Å². The van der Waals surface area contributed by atoms with E-state index in [-0.39, 0.29) is 18.0 Å². The lowest BCUT2D eigenvalue weighted by molar-refractivity contribution is 0.0628. The molecule has 0 atom stereocenters. The summed E-state index contributed by atoms with van der Waals surface area (Å²) in [5, 5.41) is 0. The minimum absolute atomic E-state index is 0. The van der Waals surface area contributed by atoms with Crippen LogP contribution < -0.4 is 9.46 Å². The monoisotopic (exact) mass is 562 g/mol. The number of hydrogen-bond donors (Lipinski definition) is 1. The van der Waals surface area contributed by atoms with Crippen LogP contribution in [0.3, 0.4) is 0 Å². The fourth-order valence-electron chi connectivity index (χ4n) is 4.42. The number of ether oxygens (including phenoxy) is 1. The van der Waals surface area contributed by atoms with Crippen LogP contribution in [0.2, 0.25) is 0 Å². The summed E-state index contributed by atoms with van der Waals surface area (Å²) in [5.74, 6) is 1.30. The van der Waals surface area contributed by atoms with Crippen molar-refractivity contribution in [3.63, 3.8) is 0 Å². The summed E-state index contributed by atoms with van der Waals surface area (Å²) in [4.78, 5) is 21.4. The normalized spacial score (nSPS) is 17.2. The van der Waals surface area contributed by atoms with Gasteiger partial charge in [-0.2, -0.15) is 0 Å². The number of hydrogen-bond acceptors (Lipinski definition) is 6. The van der Waals surface area contributed by atoms with E-state index >= 15 is 0 Å². The molecule has 1 heterocycles. The number of nitrogens with zero attached hydrogens (tertiary/aromatic N) is 3. The Morgan fingerprint density at radius 1 is 1.10 bits per heavy atom. The van der Waals surface area contributed by atoms with Gasteiger partial charge in [0.15, 0.2) is 0 Å². The van der Waals surface area contributed by atoms with Crippen LogP contribution in [0.1, 0.15) is 31.2 Å². The Bertz CT molecular complexity index is 1440. The first-order chi connectivity index (χ1) is 19.2. The van der Waals surface area contributed by atoms with E-state index in [0.29, 0.717) is 42.4 Å². The molecule has 1 aliphatic heterocycles. The van der Waals surface area contributed by atoms with E-state index in [4.69, 9.17) is 4.74 Å². The first-order valence-electron chi connectivity index (χ1n) is 13.3. The van der Waals surface area contributed by atoms with E-state index in [2.05, 4.69) is 53.8 Å². The Kier molecular flexibility index (Phi) is 9.39. The molecule has 1 amide bonds. The minimum atomic E-state index is -3.92. The lowest BCUT2D eigenvalue weighted by Gasteiger charge is -2.34. The number of aliphatic imine (C=N–C) groups is 1. The van der Waals surface area contributed by atoms with Crippen molar-refractivity contribution in [2.75, 3.05) is 37.5 Å². The third kappa shape index (κ3) is 7.37. The summed E-state index contributed by atoms with van der Waals surface area (Å²) in [7, 11) is -3.92. The Hall–Kier alpha value is -3.95. The summed E-state index contributed by atoms with van der Waals surface area (Å²) in [5.41, 5.74) is 2.79. The topological polar surface area (TPSA) is 91.3 Å². The highest BCUT2D eigenvalue weighted by Crippen LogP contribution is 2.23. The predicted molar refractivity (Wildman–Crippen MR) is 163 cm³/mol. The third-order valence-electron chi connectivity index (χ3n) is 6.55. The van der Waals surface area contributed by atoms with E-state index in [1.54, 1.807) is 36.4 Å². The second-order valence-corrected chi connectivity index (χ2v) is 11.8. The van der Waals surface area contributed by atoms with Crippen LogP contribution in [0.15, 0.2) is 102 Å². The van der Waals surface area contributed by atoms with Gasteiger partial charge in [0.05, 0.1) is 12.3 Å². The Morgan fingerprint density at radius 3 is 2.40 bits per heavy atom. The van der Waals surface area contributed by atoms with Gasteiger partial charge < -0.3 is 9.64 Å². The average molecular weight is 563 g/mol. The van der Waals surface area contributed by atoms with Crippen molar-refractivity contribution in [2.45, 2.75) is 20.4 Å². The summed E-state index contributed by atoms with van der Waals surface area (Å²) < 4.78 is 34.4. The number of sulfonamides is 1. The standard InChI is InChI=1S/C31H36N4O4S.H2/c1-5-32-30-24(4)7-6-8-29(30)40(37,38)33-27-13-11-26(12-14-27)31(36)35-19-17-34(18-20-35)21-25-9-15-28(16-10-25)39-22-23(2)3;/h5-16,23,33H,1,4,17-22H2,2-3H3;1H. The highest BCUT2D eigenvalue weighted by Gasteiger charge is 2.26.